The van der Waals surface area contributed by atoms with E-state index < -0.39 is 0 Å². The van der Waals surface area contributed by atoms with Crippen LogP contribution in [0.1, 0.15) is 11.1 Å². The SMILES string of the molecule is CSCc1ccccc1C#CSI. The Hall–Kier alpha value is 0.210. The fraction of sp³-hybridized carbons (Fsp3) is 0.200. The number of halogens is 1. The fourth-order valence-corrected chi connectivity index (χ4v) is 2.04. The van der Waals surface area contributed by atoms with Gasteiger partial charge in [-0.25, -0.2) is 0 Å². The summed E-state index contributed by atoms with van der Waals surface area (Å²) >= 11 is 4.01. The first-order chi connectivity index (χ1) is 6.38. The molecule has 0 aromatic heterocycles. The van der Waals surface area contributed by atoms with Crippen LogP contribution >= 0.6 is 41.9 Å². The van der Waals surface area contributed by atoms with Gasteiger partial charge in [0.25, 0.3) is 0 Å². The molecular weight excluding hydrogens is 311 g/mol. The molecule has 0 amide bonds. The van der Waals surface area contributed by atoms with Crippen molar-refractivity contribution < 1.29 is 0 Å². The van der Waals surface area contributed by atoms with Gasteiger partial charge in [0.05, 0.1) is 0 Å². The van der Waals surface area contributed by atoms with E-state index in [4.69, 9.17) is 0 Å². The standard InChI is InChI=1S/C10H9IS2/c1-12-8-10-5-3-2-4-9(10)6-7-13-11/h2-5H,8H2,1H3. The van der Waals surface area contributed by atoms with Gasteiger partial charge in [-0.3, -0.25) is 0 Å². The maximum absolute atomic E-state index is 3.14. The summed E-state index contributed by atoms with van der Waals surface area (Å²) in [5.74, 6) is 4.18. The predicted octanol–water partition coefficient (Wildman–Crippen LogP) is 3.94. The van der Waals surface area contributed by atoms with E-state index >= 15 is 0 Å². The predicted molar refractivity (Wildman–Crippen MR) is 72.2 cm³/mol. The second-order valence-corrected chi connectivity index (χ2v) is 4.94. The lowest BCUT2D eigenvalue weighted by Gasteiger charge is -2.00. The van der Waals surface area contributed by atoms with Crippen LogP contribution in [-0.4, -0.2) is 6.26 Å². The highest BCUT2D eigenvalue weighted by atomic mass is 127. The summed E-state index contributed by atoms with van der Waals surface area (Å²) in [6.45, 7) is 0. The second kappa shape index (κ2) is 6.63. The molecule has 3 heteroatoms. The third-order valence-corrected chi connectivity index (χ3v) is 2.98. The third-order valence-electron chi connectivity index (χ3n) is 1.54. The van der Waals surface area contributed by atoms with Crippen molar-refractivity contribution in [2.24, 2.45) is 0 Å². The Morgan fingerprint density at radius 2 is 2.15 bits per heavy atom. The van der Waals surface area contributed by atoms with E-state index in [1.807, 2.05) is 17.8 Å². The molecule has 0 aliphatic heterocycles. The van der Waals surface area contributed by atoms with Crippen LogP contribution < -0.4 is 0 Å². The minimum atomic E-state index is 1.04. The third kappa shape index (κ3) is 3.84. The van der Waals surface area contributed by atoms with Crippen molar-refractivity contribution in [2.45, 2.75) is 5.75 Å². The molecule has 68 valence electrons. The van der Waals surface area contributed by atoms with Gasteiger partial charge in [-0.05, 0) is 32.1 Å². The Bertz CT molecular complexity index is 325. The highest BCUT2D eigenvalue weighted by Crippen LogP contribution is 2.15. The van der Waals surface area contributed by atoms with Crippen LogP contribution in [0.2, 0.25) is 0 Å². The van der Waals surface area contributed by atoms with Crippen LogP contribution in [0.25, 0.3) is 0 Å². The molecule has 0 N–H and O–H groups in total. The van der Waals surface area contributed by atoms with Crippen LogP contribution in [0.4, 0.5) is 0 Å². The number of hydrogen-bond acceptors (Lipinski definition) is 2. The van der Waals surface area contributed by atoms with E-state index in [0.29, 0.717) is 0 Å². The van der Waals surface area contributed by atoms with Gasteiger partial charge in [0.2, 0.25) is 0 Å². The Kier molecular flexibility index (Phi) is 5.76. The fourth-order valence-electron chi connectivity index (χ4n) is 0.998. The van der Waals surface area contributed by atoms with Gasteiger partial charge in [0.1, 0.15) is 0 Å². The molecule has 0 spiro atoms. The summed E-state index contributed by atoms with van der Waals surface area (Å²) in [7, 11) is 1.53. The Balaban J connectivity index is 2.90. The molecule has 1 aromatic carbocycles. The molecule has 0 heterocycles. The molecule has 0 saturated carbocycles. The van der Waals surface area contributed by atoms with Crippen molar-refractivity contribution in [1.82, 2.24) is 0 Å². The summed E-state index contributed by atoms with van der Waals surface area (Å²) in [6.07, 6.45) is 2.11. The van der Waals surface area contributed by atoms with Crippen LogP contribution in [0, 0.1) is 11.2 Å². The Morgan fingerprint density at radius 3 is 2.85 bits per heavy atom. The monoisotopic (exact) mass is 320 g/mol. The first-order valence-electron chi connectivity index (χ1n) is 3.74. The van der Waals surface area contributed by atoms with Gasteiger partial charge >= 0.3 is 0 Å². The molecule has 0 fully saturated rings. The summed E-state index contributed by atoms with van der Waals surface area (Å²) in [4.78, 5) is 0. The topological polar surface area (TPSA) is 0 Å². The molecule has 0 radical (unpaired) electrons. The number of benzene rings is 1. The van der Waals surface area contributed by atoms with E-state index in [9.17, 15) is 0 Å². The molecule has 0 nitrogen and oxygen atoms in total. The second-order valence-electron chi connectivity index (χ2n) is 2.39. The highest BCUT2D eigenvalue weighted by molar-refractivity contribution is 14.2. The van der Waals surface area contributed by atoms with Crippen molar-refractivity contribution in [3.05, 3.63) is 35.4 Å². The van der Waals surface area contributed by atoms with Crippen molar-refractivity contribution >= 4 is 41.9 Å². The largest absolute Gasteiger partial charge is 0.161 e. The molecule has 0 aliphatic carbocycles. The van der Waals surface area contributed by atoms with Crippen molar-refractivity contribution in [2.75, 3.05) is 6.26 Å². The van der Waals surface area contributed by atoms with Gasteiger partial charge in [-0.2, -0.15) is 11.8 Å². The van der Waals surface area contributed by atoms with Crippen molar-refractivity contribution in [3.8, 4) is 11.2 Å². The first-order valence-corrected chi connectivity index (χ1v) is 8.49. The van der Waals surface area contributed by atoms with Crippen molar-refractivity contribution in [1.29, 1.82) is 0 Å². The van der Waals surface area contributed by atoms with E-state index in [0.717, 1.165) is 11.3 Å². The average molecular weight is 320 g/mol. The molecule has 0 bridgehead atoms. The maximum Gasteiger partial charge on any atom is 0.0294 e. The Labute approximate surface area is 99.8 Å². The van der Waals surface area contributed by atoms with Gasteiger partial charge in [-0.1, -0.05) is 24.1 Å². The van der Waals surface area contributed by atoms with Gasteiger partial charge in [0.15, 0.2) is 0 Å². The summed E-state index contributed by atoms with van der Waals surface area (Å²) in [5, 5.41) is 3.01. The van der Waals surface area contributed by atoms with Gasteiger partial charge < -0.3 is 0 Å². The van der Waals surface area contributed by atoms with E-state index in [1.54, 1.807) is 0 Å². The molecular formula is C10H9IS2. The minimum absolute atomic E-state index is 1.04. The number of thioether (sulfide) groups is 1. The van der Waals surface area contributed by atoms with Crippen LogP contribution in [-0.2, 0) is 5.75 Å². The quantitative estimate of drug-likeness (QED) is 0.598. The normalized spacial score (nSPS) is 9.08. The van der Waals surface area contributed by atoms with E-state index in [1.165, 1.54) is 14.5 Å². The zero-order valence-corrected chi connectivity index (χ0v) is 11.0. The van der Waals surface area contributed by atoms with E-state index in [2.05, 4.69) is 56.8 Å². The molecule has 1 aromatic rings. The highest BCUT2D eigenvalue weighted by Gasteiger charge is 1.96. The minimum Gasteiger partial charge on any atom is -0.161 e. The van der Waals surface area contributed by atoms with Crippen molar-refractivity contribution in [3.63, 3.8) is 0 Å². The van der Waals surface area contributed by atoms with Gasteiger partial charge in [-0.15, -0.1) is 0 Å². The molecule has 13 heavy (non-hydrogen) atoms. The summed E-state index contributed by atoms with van der Waals surface area (Å²) in [6, 6.07) is 8.31. The number of rotatable bonds is 2. The Morgan fingerprint density at radius 1 is 1.38 bits per heavy atom. The molecule has 0 atom stereocenters. The van der Waals surface area contributed by atoms with E-state index in [-0.39, 0.29) is 0 Å². The maximum atomic E-state index is 3.14. The average Bonchev–Trinajstić information content (AvgIpc) is 2.17. The summed E-state index contributed by atoms with van der Waals surface area (Å²) in [5.41, 5.74) is 2.48. The summed E-state index contributed by atoms with van der Waals surface area (Å²) < 4.78 is 0. The number of hydrogen-bond donors (Lipinski definition) is 0. The smallest absolute Gasteiger partial charge is 0.0294 e. The van der Waals surface area contributed by atoms with Gasteiger partial charge in [0, 0.05) is 32.5 Å². The van der Waals surface area contributed by atoms with Crippen LogP contribution in [0.15, 0.2) is 24.3 Å². The molecule has 1 rings (SSSR count). The van der Waals surface area contributed by atoms with Crippen LogP contribution in [0.3, 0.4) is 0 Å². The first kappa shape index (κ1) is 11.3. The molecule has 0 unspecified atom stereocenters. The van der Waals surface area contributed by atoms with Crippen LogP contribution in [0.5, 0.6) is 0 Å². The molecule has 0 saturated heterocycles. The lowest BCUT2D eigenvalue weighted by Crippen LogP contribution is -1.85. The zero-order valence-electron chi connectivity index (χ0n) is 7.21. The zero-order chi connectivity index (χ0) is 9.52. The molecule has 0 aliphatic rings. The lowest BCUT2D eigenvalue weighted by molar-refractivity contribution is 1.39. The lowest BCUT2D eigenvalue weighted by atomic mass is 10.1.